The predicted octanol–water partition coefficient (Wildman–Crippen LogP) is 5.15. The SMILES string of the molecule is COc1ccc(-c2cn3cc(CS[C@H](C)[C@](O)(Cn4cnnc4)c4ccc(F)cc4F)nc3s2)cc1. The van der Waals surface area contributed by atoms with E-state index in [1.165, 1.54) is 30.5 Å². The summed E-state index contributed by atoms with van der Waals surface area (Å²) in [6.07, 6.45) is 6.89. The molecule has 0 saturated heterocycles. The molecular weight excluding hydrogens is 504 g/mol. The van der Waals surface area contributed by atoms with Crippen LogP contribution >= 0.6 is 23.1 Å². The Morgan fingerprint density at radius 3 is 2.53 bits per heavy atom. The van der Waals surface area contributed by atoms with Crippen LogP contribution in [0.2, 0.25) is 0 Å². The molecule has 36 heavy (non-hydrogen) atoms. The monoisotopic (exact) mass is 527 g/mol. The summed E-state index contributed by atoms with van der Waals surface area (Å²) < 4.78 is 37.1. The molecule has 0 saturated carbocycles. The second-order valence-electron chi connectivity index (χ2n) is 8.38. The van der Waals surface area contributed by atoms with E-state index in [0.717, 1.165) is 39.0 Å². The lowest BCUT2D eigenvalue weighted by molar-refractivity contribution is 0.0166. The predicted molar refractivity (Wildman–Crippen MR) is 136 cm³/mol. The summed E-state index contributed by atoms with van der Waals surface area (Å²) in [5, 5.41) is 18.8. The van der Waals surface area contributed by atoms with Crippen molar-refractivity contribution in [2.75, 3.05) is 7.11 Å². The van der Waals surface area contributed by atoms with Gasteiger partial charge in [0, 0.05) is 35.0 Å². The molecule has 11 heteroatoms. The lowest BCUT2D eigenvalue weighted by Crippen LogP contribution is -2.41. The Labute approximate surface area is 214 Å². The molecule has 2 aromatic carbocycles. The summed E-state index contributed by atoms with van der Waals surface area (Å²) in [7, 11) is 1.64. The maximum absolute atomic E-state index is 14.7. The van der Waals surface area contributed by atoms with E-state index >= 15 is 0 Å². The number of hydrogen-bond acceptors (Lipinski definition) is 7. The van der Waals surface area contributed by atoms with Gasteiger partial charge in [0.1, 0.15) is 35.6 Å². The van der Waals surface area contributed by atoms with Gasteiger partial charge >= 0.3 is 0 Å². The number of hydrogen-bond donors (Lipinski definition) is 1. The fourth-order valence-corrected chi connectivity index (χ4v) is 6.03. The lowest BCUT2D eigenvalue weighted by atomic mass is 9.90. The van der Waals surface area contributed by atoms with E-state index in [2.05, 4.69) is 10.2 Å². The van der Waals surface area contributed by atoms with Crippen molar-refractivity contribution in [3.05, 3.63) is 90.4 Å². The molecule has 5 aromatic rings. The van der Waals surface area contributed by atoms with Crippen molar-refractivity contribution < 1.29 is 18.6 Å². The summed E-state index contributed by atoms with van der Waals surface area (Å²) in [5.74, 6) is -0.194. The van der Waals surface area contributed by atoms with Crippen molar-refractivity contribution in [3.8, 4) is 16.2 Å². The number of thioether (sulfide) groups is 1. The van der Waals surface area contributed by atoms with Gasteiger partial charge < -0.3 is 14.4 Å². The number of ether oxygens (including phenoxy) is 1. The fraction of sp³-hybridized carbons (Fsp3) is 0.240. The Kier molecular flexibility index (Phi) is 6.78. The van der Waals surface area contributed by atoms with Crippen molar-refractivity contribution in [1.29, 1.82) is 0 Å². The van der Waals surface area contributed by atoms with Crippen LogP contribution in [0.25, 0.3) is 15.4 Å². The first-order chi connectivity index (χ1) is 17.4. The zero-order chi connectivity index (χ0) is 25.3. The topological polar surface area (TPSA) is 77.5 Å². The highest BCUT2D eigenvalue weighted by Gasteiger charge is 2.39. The normalized spacial score (nSPS) is 14.1. The molecule has 0 fully saturated rings. The van der Waals surface area contributed by atoms with Gasteiger partial charge in [-0.15, -0.1) is 22.0 Å². The number of rotatable bonds is 9. The van der Waals surface area contributed by atoms with E-state index in [4.69, 9.17) is 9.72 Å². The van der Waals surface area contributed by atoms with Crippen LogP contribution < -0.4 is 4.74 Å². The molecule has 0 aliphatic carbocycles. The van der Waals surface area contributed by atoms with Gasteiger partial charge in [-0.3, -0.25) is 4.40 Å². The van der Waals surface area contributed by atoms with E-state index in [1.807, 2.05) is 48.0 Å². The Morgan fingerprint density at radius 2 is 1.86 bits per heavy atom. The number of imidazole rings is 1. The third kappa shape index (κ3) is 4.86. The highest BCUT2D eigenvalue weighted by molar-refractivity contribution is 7.99. The molecule has 7 nitrogen and oxygen atoms in total. The Balaban J connectivity index is 1.34. The molecule has 1 N–H and O–H groups in total. The average Bonchev–Trinajstić information content (AvgIpc) is 3.59. The zero-order valence-electron chi connectivity index (χ0n) is 19.5. The largest absolute Gasteiger partial charge is 0.497 e. The van der Waals surface area contributed by atoms with E-state index in [-0.39, 0.29) is 12.1 Å². The second kappa shape index (κ2) is 10.00. The summed E-state index contributed by atoms with van der Waals surface area (Å²) in [5.41, 5.74) is 0.304. The van der Waals surface area contributed by atoms with E-state index < -0.39 is 22.5 Å². The van der Waals surface area contributed by atoms with Crippen LogP contribution in [0.1, 0.15) is 18.2 Å². The molecule has 5 rings (SSSR count). The molecule has 0 amide bonds. The van der Waals surface area contributed by atoms with Gasteiger partial charge in [-0.2, -0.15) is 0 Å². The fourth-order valence-electron chi connectivity index (χ4n) is 4.01. The molecule has 186 valence electrons. The Morgan fingerprint density at radius 1 is 1.11 bits per heavy atom. The summed E-state index contributed by atoms with van der Waals surface area (Å²) in [6.45, 7) is 1.83. The summed E-state index contributed by atoms with van der Waals surface area (Å²) in [4.78, 5) is 6.67. The van der Waals surface area contributed by atoms with Gasteiger partial charge in [-0.05, 0) is 35.9 Å². The minimum atomic E-state index is -1.64. The molecule has 0 bridgehead atoms. The highest BCUT2D eigenvalue weighted by Crippen LogP contribution is 2.38. The maximum atomic E-state index is 14.7. The molecule has 0 spiro atoms. The van der Waals surface area contributed by atoms with Crippen LogP contribution in [0.3, 0.4) is 0 Å². The molecular formula is C25H23F2N5O2S2. The van der Waals surface area contributed by atoms with Gasteiger partial charge in [0.2, 0.25) is 0 Å². The third-order valence-electron chi connectivity index (χ3n) is 6.02. The first-order valence-electron chi connectivity index (χ1n) is 11.1. The second-order valence-corrected chi connectivity index (χ2v) is 10.7. The quantitative estimate of drug-likeness (QED) is 0.286. The smallest absolute Gasteiger partial charge is 0.194 e. The molecule has 2 atom stereocenters. The molecule has 0 unspecified atom stereocenters. The van der Waals surface area contributed by atoms with Crippen LogP contribution in [-0.4, -0.2) is 41.6 Å². The van der Waals surface area contributed by atoms with Gasteiger partial charge in [0.15, 0.2) is 4.96 Å². The Hall–Kier alpha value is -3.28. The van der Waals surface area contributed by atoms with Crippen LogP contribution in [0, 0.1) is 11.6 Å². The number of methoxy groups -OCH3 is 1. The lowest BCUT2D eigenvalue weighted by Gasteiger charge is -2.34. The highest BCUT2D eigenvalue weighted by atomic mass is 32.2. The summed E-state index contributed by atoms with van der Waals surface area (Å²) in [6, 6.07) is 11.1. The standard InChI is InChI=1S/C25H23F2N5O2S2/c1-16(25(33,13-31-14-28-29-15-31)21-8-5-18(26)9-22(21)27)35-12-19-10-32-11-23(36-24(32)30-19)17-3-6-20(34-2)7-4-17/h3-11,14-16,33H,12-13H2,1-2H3/t16-,25-/m1/s1. The number of halogens is 2. The molecule has 0 aliphatic rings. The third-order valence-corrected chi connectivity index (χ3v) is 8.42. The van der Waals surface area contributed by atoms with Gasteiger partial charge in [0.25, 0.3) is 0 Å². The zero-order valence-corrected chi connectivity index (χ0v) is 21.1. The molecule has 0 aliphatic heterocycles. The van der Waals surface area contributed by atoms with Crippen molar-refractivity contribution in [3.63, 3.8) is 0 Å². The number of nitrogens with zero attached hydrogens (tertiary/aromatic N) is 5. The minimum absolute atomic E-state index is 0.0141. The van der Waals surface area contributed by atoms with Crippen molar-refractivity contribution >= 4 is 28.1 Å². The van der Waals surface area contributed by atoms with Gasteiger partial charge in [0.05, 0.1) is 24.2 Å². The van der Waals surface area contributed by atoms with Crippen LogP contribution in [-0.2, 0) is 17.9 Å². The van der Waals surface area contributed by atoms with E-state index in [1.54, 1.807) is 23.0 Å². The van der Waals surface area contributed by atoms with Crippen molar-refractivity contribution in [1.82, 2.24) is 24.1 Å². The minimum Gasteiger partial charge on any atom is -0.497 e. The number of benzene rings is 2. The van der Waals surface area contributed by atoms with Gasteiger partial charge in [-0.25, -0.2) is 13.8 Å². The summed E-state index contributed by atoms with van der Waals surface area (Å²) >= 11 is 3.02. The van der Waals surface area contributed by atoms with E-state index in [0.29, 0.717) is 5.75 Å². The van der Waals surface area contributed by atoms with E-state index in [9.17, 15) is 13.9 Å². The first kappa shape index (κ1) is 24.4. The average molecular weight is 528 g/mol. The number of aromatic nitrogens is 5. The van der Waals surface area contributed by atoms with Crippen molar-refractivity contribution in [2.45, 2.75) is 30.1 Å². The molecule has 3 aromatic heterocycles. The van der Waals surface area contributed by atoms with Gasteiger partial charge in [-0.1, -0.05) is 24.3 Å². The number of thiazole rings is 1. The van der Waals surface area contributed by atoms with Crippen LogP contribution in [0.15, 0.2) is 67.5 Å². The Bertz CT molecular complexity index is 1440. The number of aliphatic hydroxyl groups is 1. The first-order valence-corrected chi connectivity index (χ1v) is 13.0. The maximum Gasteiger partial charge on any atom is 0.194 e. The van der Waals surface area contributed by atoms with Crippen LogP contribution in [0.4, 0.5) is 8.78 Å². The molecule has 3 heterocycles. The van der Waals surface area contributed by atoms with Crippen molar-refractivity contribution in [2.24, 2.45) is 0 Å². The van der Waals surface area contributed by atoms with Crippen LogP contribution in [0.5, 0.6) is 5.75 Å². The number of fused-ring (bicyclic) bond motifs is 1. The molecule has 0 radical (unpaired) electrons.